The molecule has 0 amide bonds. The molecule has 1 unspecified atom stereocenters. The van der Waals surface area contributed by atoms with Crippen LogP contribution in [-0.2, 0) is 0 Å². The molecule has 1 N–H and O–H groups in total. The fourth-order valence-corrected chi connectivity index (χ4v) is 2.32. The van der Waals surface area contributed by atoms with Gasteiger partial charge in [-0.05, 0) is 42.6 Å². The second kappa shape index (κ2) is 6.36. The minimum Gasteiger partial charge on any atom is -0.320 e. The Kier molecular flexibility index (Phi) is 4.54. The van der Waals surface area contributed by atoms with Crippen LogP contribution in [0.5, 0.6) is 0 Å². The molecule has 0 heterocycles. The van der Waals surface area contributed by atoms with Crippen LogP contribution in [0.15, 0.2) is 54.6 Å². The summed E-state index contributed by atoms with van der Waals surface area (Å²) in [6, 6.07) is 19.4. The van der Waals surface area contributed by atoms with Gasteiger partial charge in [0, 0.05) is 0 Å². The minimum atomic E-state index is 0.578. The van der Waals surface area contributed by atoms with Gasteiger partial charge in [0.1, 0.15) is 0 Å². The topological polar surface area (TPSA) is 12.0 Å². The van der Waals surface area contributed by atoms with E-state index in [0.29, 0.717) is 5.92 Å². The average Bonchev–Trinajstić information content (AvgIpc) is 2.45. The molecule has 2 rings (SSSR count). The Hall–Kier alpha value is -1.60. The highest BCUT2D eigenvalue weighted by atomic mass is 14.8. The summed E-state index contributed by atoms with van der Waals surface area (Å²) in [5.74, 6) is 0.578. The first-order valence-electron chi connectivity index (χ1n) is 6.62. The summed E-state index contributed by atoms with van der Waals surface area (Å²) in [4.78, 5) is 0. The maximum Gasteiger partial charge on any atom is -0.00462 e. The highest BCUT2D eigenvalue weighted by Crippen LogP contribution is 2.30. The van der Waals surface area contributed by atoms with Crippen LogP contribution in [0.3, 0.4) is 0 Å². The van der Waals surface area contributed by atoms with Crippen molar-refractivity contribution in [1.82, 2.24) is 5.32 Å². The Bertz CT molecular complexity index is 476. The number of nitrogens with one attached hydrogen (secondary N) is 1. The zero-order valence-electron chi connectivity index (χ0n) is 11.2. The standard InChI is InChI=1S/C17H21N/c1-14(12-13-18-2)16-10-6-7-11-17(16)15-8-4-3-5-9-15/h3-11,14,18H,12-13H2,1-2H3. The van der Waals surface area contributed by atoms with E-state index < -0.39 is 0 Å². The van der Waals surface area contributed by atoms with Crippen molar-refractivity contribution in [2.75, 3.05) is 13.6 Å². The van der Waals surface area contributed by atoms with Crippen molar-refractivity contribution in [2.45, 2.75) is 19.3 Å². The second-order valence-corrected chi connectivity index (χ2v) is 4.75. The lowest BCUT2D eigenvalue weighted by Gasteiger charge is -2.16. The maximum absolute atomic E-state index is 3.23. The highest BCUT2D eigenvalue weighted by molar-refractivity contribution is 5.67. The zero-order valence-corrected chi connectivity index (χ0v) is 11.2. The van der Waals surface area contributed by atoms with Crippen LogP contribution in [0.1, 0.15) is 24.8 Å². The van der Waals surface area contributed by atoms with E-state index in [9.17, 15) is 0 Å². The van der Waals surface area contributed by atoms with Gasteiger partial charge in [0.25, 0.3) is 0 Å². The molecule has 1 atom stereocenters. The smallest absolute Gasteiger partial charge is 0.00462 e. The van der Waals surface area contributed by atoms with Crippen molar-refractivity contribution >= 4 is 0 Å². The molecule has 0 radical (unpaired) electrons. The van der Waals surface area contributed by atoms with Crippen LogP contribution in [0.25, 0.3) is 11.1 Å². The van der Waals surface area contributed by atoms with Gasteiger partial charge >= 0.3 is 0 Å². The van der Waals surface area contributed by atoms with Gasteiger partial charge < -0.3 is 5.32 Å². The summed E-state index contributed by atoms with van der Waals surface area (Å²) in [5.41, 5.74) is 4.12. The third-order valence-electron chi connectivity index (χ3n) is 3.40. The summed E-state index contributed by atoms with van der Waals surface area (Å²) in [5, 5.41) is 3.23. The lowest BCUT2D eigenvalue weighted by molar-refractivity contribution is 0.637. The van der Waals surface area contributed by atoms with Gasteiger partial charge in [0.05, 0.1) is 0 Å². The first kappa shape index (κ1) is 12.8. The molecule has 2 aromatic carbocycles. The lowest BCUT2D eigenvalue weighted by atomic mass is 9.90. The average molecular weight is 239 g/mol. The molecule has 1 heteroatoms. The largest absolute Gasteiger partial charge is 0.320 e. The van der Waals surface area contributed by atoms with Gasteiger partial charge in [-0.25, -0.2) is 0 Å². The fourth-order valence-electron chi connectivity index (χ4n) is 2.32. The minimum absolute atomic E-state index is 0.578. The quantitative estimate of drug-likeness (QED) is 0.829. The second-order valence-electron chi connectivity index (χ2n) is 4.75. The van der Waals surface area contributed by atoms with Gasteiger partial charge in [-0.2, -0.15) is 0 Å². The summed E-state index contributed by atoms with van der Waals surface area (Å²) >= 11 is 0. The molecule has 0 aromatic heterocycles. The van der Waals surface area contributed by atoms with E-state index >= 15 is 0 Å². The zero-order chi connectivity index (χ0) is 12.8. The fraction of sp³-hybridized carbons (Fsp3) is 0.294. The number of hydrogen-bond acceptors (Lipinski definition) is 1. The Morgan fingerprint density at radius 2 is 1.61 bits per heavy atom. The number of hydrogen-bond donors (Lipinski definition) is 1. The molecule has 0 aliphatic rings. The molecule has 2 aromatic rings. The van der Waals surface area contributed by atoms with Crippen molar-refractivity contribution in [2.24, 2.45) is 0 Å². The van der Waals surface area contributed by atoms with Crippen LogP contribution in [0, 0.1) is 0 Å². The van der Waals surface area contributed by atoms with E-state index in [1.165, 1.54) is 23.1 Å². The molecular weight excluding hydrogens is 218 g/mol. The van der Waals surface area contributed by atoms with Crippen LogP contribution in [-0.4, -0.2) is 13.6 Å². The van der Waals surface area contributed by atoms with E-state index in [1.54, 1.807) is 0 Å². The predicted octanol–water partition coefficient (Wildman–Crippen LogP) is 4.07. The van der Waals surface area contributed by atoms with Crippen LogP contribution >= 0.6 is 0 Å². The monoisotopic (exact) mass is 239 g/mol. The molecule has 94 valence electrons. The first-order valence-corrected chi connectivity index (χ1v) is 6.62. The molecule has 0 saturated heterocycles. The van der Waals surface area contributed by atoms with E-state index in [1.807, 2.05) is 7.05 Å². The molecule has 0 aliphatic carbocycles. The van der Waals surface area contributed by atoms with E-state index in [-0.39, 0.29) is 0 Å². The third-order valence-corrected chi connectivity index (χ3v) is 3.40. The lowest BCUT2D eigenvalue weighted by Crippen LogP contribution is -2.11. The molecule has 18 heavy (non-hydrogen) atoms. The molecular formula is C17H21N. The molecule has 0 bridgehead atoms. The van der Waals surface area contributed by atoms with Gasteiger partial charge in [-0.15, -0.1) is 0 Å². The highest BCUT2D eigenvalue weighted by Gasteiger charge is 2.10. The van der Waals surface area contributed by atoms with Gasteiger partial charge in [0.2, 0.25) is 0 Å². The maximum atomic E-state index is 3.23. The van der Waals surface area contributed by atoms with E-state index in [0.717, 1.165) is 6.54 Å². The molecule has 0 spiro atoms. The molecule has 0 fully saturated rings. The summed E-state index contributed by atoms with van der Waals surface area (Å²) in [6.45, 7) is 3.36. The number of rotatable bonds is 5. The van der Waals surface area contributed by atoms with Crippen LogP contribution in [0.2, 0.25) is 0 Å². The van der Waals surface area contributed by atoms with Crippen molar-refractivity contribution in [3.05, 3.63) is 60.2 Å². The summed E-state index contributed by atoms with van der Waals surface area (Å²) in [6.07, 6.45) is 1.17. The first-order chi connectivity index (χ1) is 8.83. The van der Waals surface area contributed by atoms with Gasteiger partial charge in [-0.3, -0.25) is 0 Å². The van der Waals surface area contributed by atoms with Crippen LogP contribution in [0.4, 0.5) is 0 Å². The van der Waals surface area contributed by atoms with Crippen molar-refractivity contribution in [3.63, 3.8) is 0 Å². The molecule has 1 nitrogen and oxygen atoms in total. The van der Waals surface area contributed by atoms with Crippen molar-refractivity contribution in [3.8, 4) is 11.1 Å². The van der Waals surface area contributed by atoms with Gasteiger partial charge in [-0.1, -0.05) is 61.5 Å². The van der Waals surface area contributed by atoms with Crippen LogP contribution < -0.4 is 5.32 Å². The Morgan fingerprint density at radius 3 is 2.33 bits per heavy atom. The molecule has 0 saturated carbocycles. The van der Waals surface area contributed by atoms with E-state index in [4.69, 9.17) is 0 Å². The molecule has 0 aliphatic heterocycles. The Balaban J connectivity index is 2.31. The summed E-state index contributed by atoms with van der Waals surface area (Å²) in [7, 11) is 2.01. The predicted molar refractivity (Wildman–Crippen MR) is 78.8 cm³/mol. The SMILES string of the molecule is CNCCC(C)c1ccccc1-c1ccccc1. The number of benzene rings is 2. The third kappa shape index (κ3) is 2.99. The van der Waals surface area contributed by atoms with E-state index in [2.05, 4.69) is 66.8 Å². The Morgan fingerprint density at radius 1 is 0.944 bits per heavy atom. The Labute approximate surface area is 110 Å². The van der Waals surface area contributed by atoms with Crippen molar-refractivity contribution < 1.29 is 0 Å². The van der Waals surface area contributed by atoms with Crippen molar-refractivity contribution in [1.29, 1.82) is 0 Å². The van der Waals surface area contributed by atoms with Gasteiger partial charge in [0.15, 0.2) is 0 Å². The normalized spacial score (nSPS) is 12.3. The summed E-state index contributed by atoms with van der Waals surface area (Å²) < 4.78 is 0.